The minimum atomic E-state index is -0.493. The molecule has 0 spiro atoms. The first kappa shape index (κ1) is 17.0. The zero-order valence-electron chi connectivity index (χ0n) is 13.6. The van der Waals surface area contributed by atoms with Gasteiger partial charge in [-0.1, -0.05) is 13.8 Å². The molecular formula is C16H29NO3. The van der Waals surface area contributed by atoms with Crippen molar-refractivity contribution in [3.63, 3.8) is 0 Å². The van der Waals surface area contributed by atoms with Crippen molar-refractivity contribution in [3.05, 3.63) is 0 Å². The van der Waals surface area contributed by atoms with Crippen molar-refractivity contribution in [1.82, 2.24) is 4.90 Å². The summed E-state index contributed by atoms with van der Waals surface area (Å²) in [5, 5.41) is 0. The van der Waals surface area contributed by atoms with Gasteiger partial charge in [0.1, 0.15) is 5.60 Å². The summed E-state index contributed by atoms with van der Waals surface area (Å²) in [5.41, 5.74) is -0.493. The Balaban J connectivity index is 2.63. The van der Waals surface area contributed by atoms with Gasteiger partial charge in [-0.3, -0.25) is 9.59 Å². The van der Waals surface area contributed by atoms with Crippen LogP contribution in [0, 0.1) is 11.8 Å². The van der Waals surface area contributed by atoms with E-state index in [1.165, 1.54) is 6.42 Å². The number of ether oxygens (including phenoxy) is 1. The summed E-state index contributed by atoms with van der Waals surface area (Å²) in [6, 6.07) is 0. The lowest BCUT2D eigenvalue weighted by Gasteiger charge is -2.32. The number of hydrogen-bond donors (Lipinski definition) is 0. The number of hydrogen-bond acceptors (Lipinski definition) is 3. The van der Waals surface area contributed by atoms with Crippen LogP contribution in [-0.4, -0.2) is 35.5 Å². The molecule has 1 rings (SSSR count). The first-order valence-electron chi connectivity index (χ1n) is 7.71. The minimum Gasteiger partial charge on any atom is -0.460 e. The van der Waals surface area contributed by atoms with E-state index in [-0.39, 0.29) is 30.1 Å². The van der Waals surface area contributed by atoms with E-state index < -0.39 is 5.60 Å². The Labute approximate surface area is 122 Å². The zero-order valence-corrected chi connectivity index (χ0v) is 13.6. The third-order valence-corrected chi connectivity index (χ3v) is 3.60. The monoisotopic (exact) mass is 283 g/mol. The number of esters is 1. The Morgan fingerprint density at radius 2 is 1.65 bits per heavy atom. The fraction of sp³-hybridized carbons (Fsp3) is 0.875. The van der Waals surface area contributed by atoms with Gasteiger partial charge in [-0.15, -0.1) is 0 Å². The van der Waals surface area contributed by atoms with Crippen LogP contribution in [0.3, 0.4) is 0 Å². The number of piperidine rings is 1. The average Bonchev–Trinajstić information content (AvgIpc) is 2.34. The van der Waals surface area contributed by atoms with Gasteiger partial charge < -0.3 is 9.64 Å². The fourth-order valence-electron chi connectivity index (χ4n) is 2.52. The molecule has 0 bridgehead atoms. The molecule has 0 saturated carbocycles. The second kappa shape index (κ2) is 7.09. The molecule has 0 radical (unpaired) electrons. The summed E-state index contributed by atoms with van der Waals surface area (Å²) in [6.45, 7) is 11.2. The molecule has 116 valence electrons. The summed E-state index contributed by atoms with van der Waals surface area (Å²) in [4.78, 5) is 26.4. The van der Waals surface area contributed by atoms with Crippen molar-refractivity contribution in [1.29, 1.82) is 0 Å². The van der Waals surface area contributed by atoms with Gasteiger partial charge in [-0.2, -0.15) is 0 Å². The summed E-state index contributed by atoms with van der Waals surface area (Å²) in [5.74, 6) is -0.271. The van der Waals surface area contributed by atoms with Crippen molar-refractivity contribution in [2.75, 3.05) is 13.1 Å². The van der Waals surface area contributed by atoms with Gasteiger partial charge in [0.05, 0.1) is 12.3 Å². The third kappa shape index (κ3) is 5.51. The molecule has 1 saturated heterocycles. The molecule has 1 amide bonds. The van der Waals surface area contributed by atoms with E-state index in [1.54, 1.807) is 0 Å². The number of carbonyl (C=O) groups is 2. The van der Waals surface area contributed by atoms with Crippen LogP contribution >= 0.6 is 0 Å². The van der Waals surface area contributed by atoms with Crippen molar-refractivity contribution in [2.45, 2.75) is 65.9 Å². The van der Waals surface area contributed by atoms with Crippen LogP contribution in [0.5, 0.6) is 0 Å². The fourth-order valence-corrected chi connectivity index (χ4v) is 2.52. The molecule has 1 aliphatic heterocycles. The van der Waals surface area contributed by atoms with Crippen molar-refractivity contribution < 1.29 is 14.3 Å². The van der Waals surface area contributed by atoms with Crippen LogP contribution < -0.4 is 0 Å². The SMILES string of the molecule is CC(C)[C@@H](CC(=O)OC(C)(C)C)C(=O)N1CCCCC1. The summed E-state index contributed by atoms with van der Waals surface area (Å²) >= 11 is 0. The van der Waals surface area contributed by atoms with E-state index in [0.717, 1.165) is 25.9 Å². The lowest BCUT2D eigenvalue weighted by Crippen LogP contribution is -2.42. The van der Waals surface area contributed by atoms with Crippen LogP contribution in [0.15, 0.2) is 0 Å². The summed E-state index contributed by atoms with van der Waals surface area (Å²) in [6.07, 6.45) is 3.53. The molecule has 0 aromatic heterocycles. The van der Waals surface area contributed by atoms with Crippen molar-refractivity contribution >= 4 is 11.9 Å². The van der Waals surface area contributed by atoms with E-state index in [4.69, 9.17) is 4.74 Å². The second-order valence-electron chi connectivity index (χ2n) is 7.03. The standard InChI is InChI=1S/C16H29NO3/c1-12(2)13(11-14(18)20-16(3,4)5)15(19)17-9-7-6-8-10-17/h12-13H,6-11H2,1-5H3/t13-/m1/s1. The normalized spacial score (nSPS) is 18.0. The number of amides is 1. The molecule has 1 atom stereocenters. The van der Waals surface area contributed by atoms with Crippen molar-refractivity contribution in [2.24, 2.45) is 11.8 Å². The van der Waals surface area contributed by atoms with Gasteiger partial charge in [-0.25, -0.2) is 0 Å². The number of carbonyl (C=O) groups excluding carboxylic acids is 2. The first-order valence-corrected chi connectivity index (χ1v) is 7.71. The Morgan fingerprint density at radius 3 is 2.10 bits per heavy atom. The molecular weight excluding hydrogens is 254 g/mol. The average molecular weight is 283 g/mol. The highest BCUT2D eigenvalue weighted by atomic mass is 16.6. The molecule has 20 heavy (non-hydrogen) atoms. The van der Waals surface area contributed by atoms with E-state index in [1.807, 2.05) is 39.5 Å². The van der Waals surface area contributed by atoms with Gasteiger partial charge in [0.2, 0.25) is 5.91 Å². The van der Waals surface area contributed by atoms with Crippen LogP contribution in [0.4, 0.5) is 0 Å². The van der Waals surface area contributed by atoms with E-state index >= 15 is 0 Å². The van der Waals surface area contributed by atoms with Gasteiger partial charge in [0.25, 0.3) is 0 Å². The Bertz CT molecular complexity index is 338. The van der Waals surface area contributed by atoms with Crippen LogP contribution in [-0.2, 0) is 14.3 Å². The predicted octanol–water partition coefficient (Wildman–Crippen LogP) is 3.00. The number of likely N-dealkylation sites (tertiary alicyclic amines) is 1. The lowest BCUT2D eigenvalue weighted by atomic mass is 9.90. The largest absolute Gasteiger partial charge is 0.460 e. The maximum absolute atomic E-state index is 12.6. The van der Waals surface area contributed by atoms with E-state index in [2.05, 4.69) is 0 Å². The highest BCUT2D eigenvalue weighted by Gasteiger charge is 2.31. The molecule has 1 heterocycles. The molecule has 0 aliphatic carbocycles. The van der Waals surface area contributed by atoms with E-state index in [9.17, 15) is 9.59 Å². The van der Waals surface area contributed by atoms with Gasteiger partial charge in [0.15, 0.2) is 0 Å². The van der Waals surface area contributed by atoms with Crippen LogP contribution in [0.25, 0.3) is 0 Å². The number of rotatable bonds is 4. The highest BCUT2D eigenvalue weighted by molar-refractivity contribution is 5.84. The summed E-state index contributed by atoms with van der Waals surface area (Å²) in [7, 11) is 0. The zero-order chi connectivity index (χ0) is 15.3. The molecule has 0 aromatic carbocycles. The Morgan fingerprint density at radius 1 is 1.10 bits per heavy atom. The minimum absolute atomic E-state index is 0.116. The molecule has 1 aliphatic rings. The maximum atomic E-state index is 12.6. The second-order valence-corrected chi connectivity index (χ2v) is 7.03. The topological polar surface area (TPSA) is 46.6 Å². The lowest BCUT2D eigenvalue weighted by molar-refractivity contribution is -0.159. The Hall–Kier alpha value is -1.06. The van der Waals surface area contributed by atoms with Crippen molar-refractivity contribution in [3.8, 4) is 0 Å². The third-order valence-electron chi connectivity index (χ3n) is 3.60. The maximum Gasteiger partial charge on any atom is 0.307 e. The quantitative estimate of drug-likeness (QED) is 0.745. The molecule has 4 nitrogen and oxygen atoms in total. The van der Waals surface area contributed by atoms with Gasteiger partial charge >= 0.3 is 5.97 Å². The molecule has 0 N–H and O–H groups in total. The van der Waals surface area contributed by atoms with Gasteiger partial charge in [0, 0.05) is 13.1 Å². The van der Waals surface area contributed by atoms with E-state index in [0.29, 0.717) is 0 Å². The first-order chi connectivity index (χ1) is 9.20. The smallest absolute Gasteiger partial charge is 0.307 e. The molecule has 1 fully saturated rings. The number of nitrogens with zero attached hydrogens (tertiary/aromatic N) is 1. The molecule has 0 aromatic rings. The highest BCUT2D eigenvalue weighted by Crippen LogP contribution is 2.22. The Kier molecular flexibility index (Phi) is 6.03. The van der Waals surface area contributed by atoms with Gasteiger partial charge in [-0.05, 0) is 46.0 Å². The summed E-state index contributed by atoms with van der Waals surface area (Å²) < 4.78 is 5.35. The van der Waals surface area contributed by atoms with Crippen LogP contribution in [0.1, 0.15) is 60.3 Å². The van der Waals surface area contributed by atoms with Crippen LogP contribution in [0.2, 0.25) is 0 Å². The molecule has 0 unspecified atom stereocenters. The molecule has 4 heteroatoms. The predicted molar refractivity (Wildman–Crippen MR) is 79.2 cm³/mol.